The van der Waals surface area contributed by atoms with Crippen molar-refractivity contribution in [2.75, 3.05) is 6.54 Å². The second-order valence-electron chi connectivity index (χ2n) is 5.30. The van der Waals surface area contributed by atoms with Crippen LogP contribution in [0.15, 0.2) is 54.6 Å². The van der Waals surface area contributed by atoms with E-state index < -0.39 is 6.10 Å². The van der Waals surface area contributed by atoms with Gasteiger partial charge in [0.05, 0.1) is 0 Å². The van der Waals surface area contributed by atoms with Gasteiger partial charge in [-0.2, -0.15) is 0 Å². The van der Waals surface area contributed by atoms with Gasteiger partial charge in [0.2, 0.25) is 0 Å². The molecule has 0 fully saturated rings. The predicted octanol–water partition coefficient (Wildman–Crippen LogP) is 2.58. The van der Waals surface area contributed by atoms with Gasteiger partial charge in [-0.1, -0.05) is 42.5 Å². The lowest BCUT2D eigenvalue weighted by atomic mass is 10.1. The Morgan fingerprint density at radius 2 is 1.64 bits per heavy atom. The summed E-state index contributed by atoms with van der Waals surface area (Å²) in [6, 6.07) is 17.8. The number of carbonyl (C=O) groups excluding carboxylic acids is 1. The van der Waals surface area contributed by atoms with E-state index in [1.54, 1.807) is 6.92 Å². The molecule has 4 nitrogen and oxygen atoms in total. The highest BCUT2D eigenvalue weighted by atomic mass is 16.5. The average Bonchev–Trinajstić information content (AvgIpc) is 2.56. The Morgan fingerprint density at radius 1 is 1.05 bits per heavy atom. The second-order valence-corrected chi connectivity index (χ2v) is 5.30. The van der Waals surface area contributed by atoms with E-state index in [1.807, 2.05) is 49.4 Å². The fourth-order valence-corrected chi connectivity index (χ4v) is 2.03. The SMILES string of the molecule is CC(Oc1ccc(-c2ccccc2)cc1)C(=O)N[C@@H](C)CN. The largest absolute Gasteiger partial charge is 0.481 e. The predicted molar refractivity (Wildman–Crippen MR) is 88.6 cm³/mol. The van der Waals surface area contributed by atoms with Crippen molar-refractivity contribution in [3.8, 4) is 16.9 Å². The normalized spacial score (nSPS) is 13.2. The summed E-state index contributed by atoms with van der Waals surface area (Å²) in [6.45, 7) is 3.99. The maximum Gasteiger partial charge on any atom is 0.261 e. The lowest BCUT2D eigenvalue weighted by molar-refractivity contribution is -0.127. The molecule has 1 unspecified atom stereocenters. The topological polar surface area (TPSA) is 64.3 Å². The molecule has 4 heteroatoms. The van der Waals surface area contributed by atoms with E-state index in [0.717, 1.165) is 11.1 Å². The Hall–Kier alpha value is -2.33. The Bertz CT molecular complexity index is 596. The Kier molecular flexibility index (Phi) is 5.55. The van der Waals surface area contributed by atoms with E-state index in [4.69, 9.17) is 10.5 Å². The molecule has 22 heavy (non-hydrogen) atoms. The van der Waals surface area contributed by atoms with E-state index in [9.17, 15) is 4.79 Å². The zero-order valence-corrected chi connectivity index (χ0v) is 13.0. The first kappa shape index (κ1) is 16.0. The minimum Gasteiger partial charge on any atom is -0.481 e. The average molecular weight is 298 g/mol. The number of rotatable bonds is 6. The summed E-state index contributed by atoms with van der Waals surface area (Å²) >= 11 is 0. The van der Waals surface area contributed by atoms with Crippen LogP contribution in [-0.2, 0) is 4.79 Å². The van der Waals surface area contributed by atoms with Crippen molar-refractivity contribution in [1.82, 2.24) is 5.32 Å². The highest BCUT2D eigenvalue weighted by molar-refractivity contribution is 5.81. The van der Waals surface area contributed by atoms with Gasteiger partial charge >= 0.3 is 0 Å². The molecule has 2 rings (SSSR count). The van der Waals surface area contributed by atoms with Crippen LogP contribution < -0.4 is 15.8 Å². The summed E-state index contributed by atoms with van der Waals surface area (Å²) in [5.74, 6) is 0.507. The first-order chi connectivity index (χ1) is 10.6. The number of nitrogens with one attached hydrogen (secondary N) is 1. The van der Waals surface area contributed by atoms with Gasteiger partial charge in [0.25, 0.3) is 5.91 Å². The van der Waals surface area contributed by atoms with Crippen molar-refractivity contribution < 1.29 is 9.53 Å². The fraction of sp³-hybridized carbons (Fsp3) is 0.278. The zero-order chi connectivity index (χ0) is 15.9. The summed E-state index contributed by atoms with van der Waals surface area (Å²) in [5, 5.41) is 2.80. The lowest BCUT2D eigenvalue weighted by Gasteiger charge is -2.17. The molecular formula is C18H22N2O2. The molecule has 2 aromatic carbocycles. The van der Waals surface area contributed by atoms with Crippen LogP contribution in [0, 0.1) is 0 Å². The van der Waals surface area contributed by atoms with E-state index in [-0.39, 0.29) is 11.9 Å². The highest BCUT2D eigenvalue weighted by Gasteiger charge is 2.16. The number of hydrogen-bond acceptors (Lipinski definition) is 3. The van der Waals surface area contributed by atoms with Crippen molar-refractivity contribution in [3.05, 3.63) is 54.6 Å². The first-order valence-corrected chi connectivity index (χ1v) is 7.42. The van der Waals surface area contributed by atoms with Crippen LogP contribution in [0.5, 0.6) is 5.75 Å². The van der Waals surface area contributed by atoms with Crippen molar-refractivity contribution in [3.63, 3.8) is 0 Å². The van der Waals surface area contributed by atoms with Crippen molar-refractivity contribution in [2.45, 2.75) is 26.0 Å². The lowest BCUT2D eigenvalue weighted by Crippen LogP contribution is -2.44. The molecule has 0 aliphatic heterocycles. The summed E-state index contributed by atoms with van der Waals surface area (Å²) in [4.78, 5) is 11.9. The van der Waals surface area contributed by atoms with Gasteiger partial charge in [0.1, 0.15) is 5.75 Å². The quantitative estimate of drug-likeness (QED) is 0.861. The van der Waals surface area contributed by atoms with Gasteiger partial charge in [0, 0.05) is 12.6 Å². The zero-order valence-electron chi connectivity index (χ0n) is 13.0. The molecule has 116 valence electrons. The molecule has 0 saturated heterocycles. The van der Waals surface area contributed by atoms with Gasteiger partial charge in [-0.3, -0.25) is 4.79 Å². The molecule has 1 amide bonds. The first-order valence-electron chi connectivity index (χ1n) is 7.42. The van der Waals surface area contributed by atoms with Crippen LogP contribution in [0.2, 0.25) is 0 Å². The third kappa shape index (κ3) is 4.33. The third-order valence-corrected chi connectivity index (χ3v) is 3.39. The van der Waals surface area contributed by atoms with Gasteiger partial charge in [-0.05, 0) is 37.1 Å². The van der Waals surface area contributed by atoms with E-state index in [2.05, 4.69) is 17.4 Å². The summed E-state index contributed by atoms with van der Waals surface area (Å²) in [5.41, 5.74) is 7.75. The minimum absolute atomic E-state index is 0.0565. The van der Waals surface area contributed by atoms with Crippen LogP contribution in [0.1, 0.15) is 13.8 Å². The number of carbonyl (C=O) groups is 1. The third-order valence-electron chi connectivity index (χ3n) is 3.39. The second kappa shape index (κ2) is 7.61. The van der Waals surface area contributed by atoms with Gasteiger partial charge in [-0.25, -0.2) is 0 Å². The molecule has 0 saturated carbocycles. The molecule has 3 N–H and O–H groups in total. The molecule has 2 aromatic rings. The fourth-order valence-electron chi connectivity index (χ4n) is 2.03. The van der Waals surface area contributed by atoms with E-state index in [0.29, 0.717) is 12.3 Å². The summed E-state index contributed by atoms with van der Waals surface area (Å²) < 4.78 is 5.66. The number of hydrogen-bond donors (Lipinski definition) is 2. The molecule has 2 atom stereocenters. The maximum absolute atomic E-state index is 11.9. The molecular weight excluding hydrogens is 276 g/mol. The van der Waals surface area contributed by atoms with Crippen LogP contribution in [0.4, 0.5) is 0 Å². The molecule has 0 aliphatic carbocycles. The van der Waals surface area contributed by atoms with Crippen molar-refractivity contribution in [2.24, 2.45) is 5.73 Å². The van der Waals surface area contributed by atoms with Gasteiger partial charge in [0.15, 0.2) is 6.10 Å². The number of ether oxygens (including phenoxy) is 1. The number of nitrogens with two attached hydrogens (primary N) is 1. The van der Waals surface area contributed by atoms with Crippen molar-refractivity contribution in [1.29, 1.82) is 0 Å². The van der Waals surface area contributed by atoms with Crippen LogP contribution >= 0.6 is 0 Å². The standard InChI is InChI=1S/C18H22N2O2/c1-13(12-19)20-18(21)14(2)22-17-10-8-16(9-11-17)15-6-4-3-5-7-15/h3-11,13-14H,12,19H2,1-2H3,(H,20,21)/t13-,14?/m0/s1. The van der Waals surface area contributed by atoms with Crippen LogP contribution in [0.3, 0.4) is 0 Å². The van der Waals surface area contributed by atoms with Gasteiger partial charge < -0.3 is 15.8 Å². The van der Waals surface area contributed by atoms with Crippen LogP contribution in [0.25, 0.3) is 11.1 Å². The van der Waals surface area contributed by atoms with Crippen LogP contribution in [-0.4, -0.2) is 24.6 Å². The minimum atomic E-state index is -0.559. The highest BCUT2D eigenvalue weighted by Crippen LogP contribution is 2.22. The monoisotopic (exact) mass is 298 g/mol. The molecule has 0 aliphatic rings. The molecule has 0 spiro atoms. The summed E-state index contributed by atoms with van der Waals surface area (Å²) in [6.07, 6.45) is -0.559. The smallest absolute Gasteiger partial charge is 0.261 e. The van der Waals surface area contributed by atoms with Crippen molar-refractivity contribution >= 4 is 5.91 Å². The molecule has 0 radical (unpaired) electrons. The maximum atomic E-state index is 11.9. The van der Waals surface area contributed by atoms with E-state index in [1.165, 1.54) is 0 Å². The molecule has 0 heterocycles. The summed E-state index contributed by atoms with van der Waals surface area (Å²) in [7, 11) is 0. The Labute approximate surface area is 131 Å². The Balaban J connectivity index is 1.98. The van der Waals surface area contributed by atoms with E-state index >= 15 is 0 Å². The Morgan fingerprint density at radius 3 is 2.23 bits per heavy atom. The number of amides is 1. The number of benzene rings is 2. The van der Waals surface area contributed by atoms with Gasteiger partial charge in [-0.15, -0.1) is 0 Å². The molecule has 0 bridgehead atoms. The molecule has 0 aromatic heterocycles.